The molecular formula is C13H18FN. The predicted molar refractivity (Wildman–Crippen MR) is 62.2 cm³/mol. The Hall–Kier alpha value is -1.15. The monoisotopic (exact) mass is 207 g/mol. The lowest BCUT2D eigenvalue weighted by molar-refractivity contribution is 0.460. The van der Waals surface area contributed by atoms with E-state index in [9.17, 15) is 4.39 Å². The molecular weight excluding hydrogens is 189 g/mol. The van der Waals surface area contributed by atoms with E-state index in [1.54, 1.807) is 6.07 Å². The summed E-state index contributed by atoms with van der Waals surface area (Å²) in [4.78, 5) is 0. The van der Waals surface area contributed by atoms with Crippen molar-refractivity contribution in [2.45, 2.75) is 32.4 Å². The minimum Gasteiger partial charge on any atom is -0.307 e. The summed E-state index contributed by atoms with van der Waals surface area (Å²) in [6.45, 7) is 7.81. The van der Waals surface area contributed by atoms with Crippen LogP contribution in [0, 0.1) is 5.82 Å². The molecule has 0 aliphatic rings. The van der Waals surface area contributed by atoms with Gasteiger partial charge in [-0.1, -0.05) is 38.1 Å². The third kappa shape index (κ3) is 3.48. The molecule has 0 spiro atoms. The molecule has 82 valence electrons. The second kappa shape index (κ2) is 5.66. The Balaban J connectivity index is 2.88. The second-order valence-electron chi connectivity index (χ2n) is 3.92. The van der Waals surface area contributed by atoms with Crippen LogP contribution < -0.4 is 5.32 Å². The fourth-order valence-corrected chi connectivity index (χ4v) is 1.61. The molecule has 1 rings (SSSR count). The molecule has 0 amide bonds. The van der Waals surface area contributed by atoms with Crippen LogP contribution in [0.2, 0.25) is 0 Å². The van der Waals surface area contributed by atoms with Crippen molar-refractivity contribution in [1.29, 1.82) is 0 Å². The molecule has 2 heteroatoms. The summed E-state index contributed by atoms with van der Waals surface area (Å²) >= 11 is 0. The zero-order valence-electron chi connectivity index (χ0n) is 9.33. The summed E-state index contributed by atoms with van der Waals surface area (Å²) < 4.78 is 13.5. The third-order valence-electron chi connectivity index (χ3n) is 2.22. The lowest BCUT2D eigenvalue weighted by atomic mass is 10.0. The molecule has 1 N–H and O–H groups in total. The van der Waals surface area contributed by atoms with Gasteiger partial charge in [0, 0.05) is 17.6 Å². The number of hydrogen-bond acceptors (Lipinski definition) is 1. The Kier molecular flexibility index (Phi) is 4.50. The quantitative estimate of drug-likeness (QED) is 0.729. The summed E-state index contributed by atoms with van der Waals surface area (Å²) in [5, 5.41) is 3.33. The van der Waals surface area contributed by atoms with E-state index in [1.807, 2.05) is 18.2 Å². The lowest BCUT2D eigenvalue weighted by Crippen LogP contribution is -2.28. The molecule has 0 saturated carbocycles. The Morgan fingerprint density at radius 1 is 1.40 bits per heavy atom. The molecule has 15 heavy (non-hydrogen) atoms. The van der Waals surface area contributed by atoms with Gasteiger partial charge in [0.2, 0.25) is 0 Å². The molecule has 1 aromatic rings. The summed E-state index contributed by atoms with van der Waals surface area (Å²) in [5.41, 5.74) is 0.714. The van der Waals surface area contributed by atoms with Crippen molar-refractivity contribution in [3.05, 3.63) is 48.3 Å². The molecule has 0 saturated heterocycles. The molecule has 0 fully saturated rings. The van der Waals surface area contributed by atoms with Crippen molar-refractivity contribution in [1.82, 2.24) is 5.32 Å². The van der Waals surface area contributed by atoms with Crippen LogP contribution in [-0.2, 0) is 0 Å². The van der Waals surface area contributed by atoms with Crippen molar-refractivity contribution >= 4 is 0 Å². The first-order chi connectivity index (χ1) is 7.15. The van der Waals surface area contributed by atoms with E-state index in [0.717, 1.165) is 6.42 Å². The normalized spacial score (nSPS) is 12.8. The Morgan fingerprint density at radius 3 is 2.60 bits per heavy atom. The highest BCUT2D eigenvalue weighted by Crippen LogP contribution is 2.20. The molecule has 1 unspecified atom stereocenters. The maximum atomic E-state index is 13.5. The van der Waals surface area contributed by atoms with Crippen molar-refractivity contribution in [3.63, 3.8) is 0 Å². The van der Waals surface area contributed by atoms with Crippen molar-refractivity contribution in [3.8, 4) is 0 Å². The third-order valence-corrected chi connectivity index (χ3v) is 2.22. The molecule has 0 aliphatic carbocycles. The highest BCUT2D eigenvalue weighted by Gasteiger charge is 2.14. The zero-order valence-corrected chi connectivity index (χ0v) is 9.33. The van der Waals surface area contributed by atoms with Crippen molar-refractivity contribution < 1.29 is 4.39 Å². The molecule has 0 bridgehead atoms. The van der Waals surface area contributed by atoms with Gasteiger partial charge >= 0.3 is 0 Å². The van der Waals surface area contributed by atoms with Crippen LogP contribution in [0.5, 0.6) is 0 Å². The van der Waals surface area contributed by atoms with Gasteiger partial charge in [0.15, 0.2) is 0 Å². The summed E-state index contributed by atoms with van der Waals surface area (Å²) in [6, 6.07) is 7.22. The topological polar surface area (TPSA) is 12.0 Å². The second-order valence-corrected chi connectivity index (χ2v) is 3.92. The van der Waals surface area contributed by atoms with Crippen LogP contribution in [0.3, 0.4) is 0 Å². The largest absolute Gasteiger partial charge is 0.307 e. The van der Waals surface area contributed by atoms with Gasteiger partial charge in [0.25, 0.3) is 0 Å². The van der Waals surface area contributed by atoms with Crippen LogP contribution in [0.25, 0.3) is 0 Å². The van der Waals surface area contributed by atoms with Gasteiger partial charge in [0.1, 0.15) is 5.82 Å². The average Bonchev–Trinajstić information content (AvgIpc) is 2.17. The summed E-state index contributed by atoms with van der Waals surface area (Å²) in [6.07, 6.45) is 2.55. The maximum absolute atomic E-state index is 13.5. The number of rotatable bonds is 5. The van der Waals surface area contributed by atoms with E-state index >= 15 is 0 Å². The predicted octanol–water partition coefficient (Wildman–Crippen LogP) is 3.44. The van der Waals surface area contributed by atoms with Crippen LogP contribution >= 0.6 is 0 Å². The van der Waals surface area contributed by atoms with Crippen LogP contribution in [0.1, 0.15) is 31.9 Å². The first-order valence-electron chi connectivity index (χ1n) is 5.26. The van der Waals surface area contributed by atoms with Gasteiger partial charge in [-0.2, -0.15) is 0 Å². The van der Waals surface area contributed by atoms with Gasteiger partial charge in [-0.05, 0) is 12.5 Å². The standard InChI is InChI=1S/C13H18FN/c1-4-7-13(15-10(2)3)11-8-5-6-9-12(11)14/h4-6,8-10,13,15H,1,7H2,2-3H3. The Morgan fingerprint density at radius 2 is 2.07 bits per heavy atom. The van der Waals surface area contributed by atoms with Crippen LogP contribution in [0.4, 0.5) is 4.39 Å². The number of benzene rings is 1. The van der Waals surface area contributed by atoms with Crippen LogP contribution in [0.15, 0.2) is 36.9 Å². The van der Waals surface area contributed by atoms with E-state index in [1.165, 1.54) is 6.07 Å². The van der Waals surface area contributed by atoms with Gasteiger partial charge in [-0.3, -0.25) is 0 Å². The minimum atomic E-state index is -0.155. The molecule has 1 nitrogen and oxygen atoms in total. The first kappa shape index (κ1) is 11.9. The zero-order chi connectivity index (χ0) is 11.3. The van der Waals surface area contributed by atoms with Gasteiger partial charge in [0.05, 0.1) is 0 Å². The minimum absolute atomic E-state index is 0.0173. The van der Waals surface area contributed by atoms with Crippen LogP contribution in [-0.4, -0.2) is 6.04 Å². The van der Waals surface area contributed by atoms with E-state index in [-0.39, 0.29) is 11.9 Å². The molecule has 0 aliphatic heterocycles. The fraction of sp³-hybridized carbons (Fsp3) is 0.385. The molecule has 1 aromatic carbocycles. The number of halogens is 1. The number of hydrogen-bond donors (Lipinski definition) is 1. The number of nitrogens with one attached hydrogen (secondary N) is 1. The smallest absolute Gasteiger partial charge is 0.127 e. The Bertz CT molecular complexity index is 320. The lowest BCUT2D eigenvalue weighted by Gasteiger charge is -2.20. The van der Waals surface area contributed by atoms with E-state index < -0.39 is 0 Å². The Labute approximate surface area is 91.0 Å². The van der Waals surface area contributed by atoms with E-state index in [4.69, 9.17) is 0 Å². The average molecular weight is 207 g/mol. The van der Waals surface area contributed by atoms with E-state index in [0.29, 0.717) is 11.6 Å². The molecule has 1 atom stereocenters. The van der Waals surface area contributed by atoms with Crippen molar-refractivity contribution in [2.24, 2.45) is 0 Å². The molecule has 0 heterocycles. The van der Waals surface area contributed by atoms with Gasteiger partial charge < -0.3 is 5.32 Å². The van der Waals surface area contributed by atoms with Gasteiger partial charge in [-0.25, -0.2) is 4.39 Å². The first-order valence-corrected chi connectivity index (χ1v) is 5.26. The highest BCUT2D eigenvalue weighted by molar-refractivity contribution is 5.21. The van der Waals surface area contributed by atoms with E-state index in [2.05, 4.69) is 25.7 Å². The van der Waals surface area contributed by atoms with Gasteiger partial charge in [-0.15, -0.1) is 6.58 Å². The molecule has 0 aromatic heterocycles. The highest BCUT2D eigenvalue weighted by atomic mass is 19.1. The SMILES string of the molecule is C=CCC(NC(C)C)c1ccccc1F. The molecule has 0 radical (unpaired) electrons. The summed E-state index contributed by atoms with van der Waals surface area (Å²) in [5.74, 6) is -0.155. The summed E-state index contributed by atoms with van der Waals surface area (Å²) in [7, 11) is 0. The maximum Gasteiger partial charge on any atom is 0.127 e. The van der Waals surface area contributed by atoms with Crippen molar-refractivity contribution in [2.75, 3.05) is 0 Å². The fourth-order valence-electron chi connectivity index (χ4n) is 1.61.